The van der Waals surface area contributed by atoms with Gasteiger partial charge in [0.1, 0.15) is 5.82 Å². The fourth-order valence-electron chi connectivity index (χ4n) is 3.29. The zero-order valence-electron chi connectivity index (χ0n) is 11.8. The number of fused-ring (bicyclic) bond motifs is 1. The molecule has 2 fully saturated rings. The standard InChI is InChI=1S/C15H24N4/c1-2-13-8-12(10-16)9-15(17-13)19-7-6-18-5-3-4-14(18)11-19/h8-9,14H,2-7,10-11,16H2,1H3. The minimum Gasteiger partial charge on any atom is -0.354 e. The Morgan fingerprint density at radius 2 is 2.21 bits per heavy atom. The summed E-state index contributed by atoms with van der Waals surface area (Å²) < 4.78 is 0. The number of hydrogen-bond donors (Lipinski definition) is 1. The molecule has 0 spiro atoms. The van der Waals surface area contributed by atoms with Gasteiger partial charge in [-0.25, -0.2) is 4.98 Å². The maximum absolute atomic E-state index is 5.80. The Kier molecular flexibility index (Phi) is 3.71. The molecule has 0 aliphatic carbocycles. The highest BCUT2D eigenvalue weighted by Gasteiger charge is 2.31. The number of nitrogens with two attached hydrogens (primary N) is 1. The number of anilines is 1. The van der Waals surface area contributed by atoms with Crippen molar-refractivity contribution in [3.8, 4) is 0 Å². The van der Waals surface area contributed by atoms with E-state index in [0.29, 0.717) is 6.54 Å². The summed E-state index contributed by atoms with van der Waals surface area (Å²) in [6.07, 6.45) is 3.67. The van der Waals surface area contributed by atoms with Crippen LogP contribution >= 0.6 is 0 Å². The number of rotatable bonds is 3. The summed E-state index contributed by atoms with van der Waals surface area (Å²) in [6, 6.07) is 5.04. The lowest BCUT2D eigenvalue weighted by Crippen LogP contribution is -2.50. The maximum Gasteiger partial charge on any atom is 0.129 e. The van der Waals surface area contributed by atoms with Crippen LogP contribution in [-0.4, -0.2) is 42.1 Å². The minimum absolute atomic E-state index is 0.603. The average Bonchev–Trinajstić information content (AvgIpc) is 2.94. The van der Waals surface area contributed by atoms with Crippen LogP contribution in [0.15, 0.2) is 12.1 Å². The molecule has 19 heavy (non-hydrogen) atoms. The van der Waals surface area contributed by atoms with Gasteiger partial charge in [0.25, 0.3) is 0 Å². The van der Waals surface area contributed by atoms with E-state index in [0.717, 1.165) is 37.1 Å². The molecule has 2 saturated heterocycles. The number of nitrogens with zero attached hydrogens (tertiary/aromatic N) is 3. The molecule has 1 aromatic heterocycles. The normalized spacial score (nSPS) is 23.7. The summed E-state index contributed by atoms with van der Waals surface area (Å²) in [4.78, 5) is 9.87. The Bertz CT molecular complexity index is 424. The molecule has 0 amide bonds. The predicted octanol–water partition coefficient (Wildman–Crippen LogP) is 1.39. The van der Waals surface area contributed by atoms with Crippen LogP contribution in [0.25, 0.3) is 0 Å². The fraction of sp³-hybridized carbons (Fsp3) is 0.667. The van der Waals surface area contributed by atoms with Crippen molar-refractivity contribution in [3.05, 3.63) is 23.4 Å². The van der Waals surface area contributed by atoms with Gasteiger partial charge in [0.15, 0.2) is 0 Å². The molecule has 1 unspecified atom stereocenters. The van der Waals surface area contributed by atoms with Crippen molar-refractivity contribution < 1.29 is 0 Å². The highest BCUT2D eigenvalue weighted by atomic mass is 15.3. The zero-order chi connectivity index (χ0) is 13.2. The Morgan fingerprint density at radius 3 is 3.00 bits per heavy atom. The molecule has 4 heteroatoms. The van der Waals surface area contributed by atoms with E-state index >= 15 is 0 Å². The number of piperazine rings is 1. The van der Waals surface area contributed by atoms with Gasteiger partial charge in [0.2, 0.25) is 0 Å². The molecule has 4 nitrogen and oxygen atoms in total. The smallest absolute Gasteiger partial charge is 0.129 e. The Morgan fingerprint density at radius 1 is 1.32 bits per heavy atom. The molecular formula is C15H24N4. The van der Waals surface area contributed by atoms with Crippen LogP contribution in [-0.2, 0) is 13.0 Å². The van der Waals surface area contributed by atoms with Crippen molar-refractivity contribution >= 4 is 5.82 Å². The molecule has 0 aromatic carbocycles. The van der Waals surface area contributed by atoms with Crippen LogP contribution in [0.4, 0.5) is 5.82 Å². The molecule has 0 saturated carbocycles. The van der Waals surface area contributed by atoms with Crippen molar-refractivity contribution in [1.29, 1.82) is 0 Å². The highest BCUT2D eigenvalue weighted by Crippen LogP contribution is 2.25. The first-order valence-corrected chi connectivity index (χ1v) is 7.49. The molecule has 1 aromatic rings. The lowest BCUT2D eigenvalue weighted by atomic mass is 10.1. The topological polar surface area (TPSA) is 45.4 Å². The number of aromatic nitrogens is 1. The van der Waals surface area contributed by atoms with Crippen molar-refractivity contribution in [2.75, 3.05) is 31.1 Å². The van der Waals surface area contributed by atoms with Crippen LogP contribution in [0.5, 0.6) is 0 Å². The van der Waals surface area contributed by atoms with E-state index in [9.17, 15) is 0 Å². The predicted molar refractivity (Wildman–Crippen MR) is 78.3 cm³/mol. The number of hydrogen-bond acceptors (Lipinski definition) is 4. The van der Waals surface area contributed by atoms with Crippen molar-refractivity contribution in [2.45, 2.75) is 38.8 Å². The third-order valence-electron chi connectivity index (χ3n) is 4.43. The van der Waals surface area contributed by atoms with Gasteiger partial charge in [-0.1, -0.05) is 6.92 Å². The summed E-state index contributed by atoms with van der Waals surface area (Å²) in [5, 5.41) is 0. The van der Waals surface area contributed by atoms with Crippen LogP contribution in [0.3, 0.4) is 0 Å². The van der Waals surface area contributed by atoms with E-state index in [1.807, 2.05) is 0 Å². The van der Waals surface area contributed by atoms with Gasteiger partial charge in [-0.2, -0.15) is 0 Å². The van der Waals surface area contributed by atoms with Gasteiger partial charge in [-0.15, -0.1) is 0 Å². The largest absolute Gasteiger partial charge is 0.354 e. The zero-order valence-corrected chi connectivity index (χ0v) is 11.8. The van der Waals surface area contributed by atoms with E-state index in [4.69, 9.17) is 10.7 Å². The molecule has 104 valence electrons. The Balaban J connectivity index is 1.81. The van der Waals surface area contributed by atoms with Gasteiger partial charge >= 0.3 is 0 Å². The Hall–Kier alpha value is -1.13. The van der Waals surface area contributed by atoms with Gasteiger partial charge < -0.3 is 10.6 Å². The first kappa shape index (κ1) is 12.9. The van der Waals surface area contributed by atoms with Crippen molar-refractivity contribution in [3.63, 3.8) is 0 Å². The molecular weight excluding hydrogens is 236 g/mol. The average molecular weight is 260 g/mol. The summed E-state index contributed by atoms with van der Waals surface area (Å²) in [6.45, 7) is 7.45. The molecule has 2 N–H and O–H groups in total. The van der Waals surface area contributed by atoms with Crippen LogP contribution < -0.4 is 10.6 Å². The minimum atomic E-state index is 0.603. The van der Waals surface area contributed by atoms with E-state index in [-0.39, 0.29) is 0 Å². The van der Waals surface area contributed by atoms with Crippen LogP contribution in [0, 0.1) is 0 Å². The molecule has 0 radical (unpaired) electrons. The van der Waals surface area contributed by atoms with E-state index < -0.39 is 0 Å². The Labute approximate surface area is 115 Å². The maximum atomic E-state index is 5.80. The number of pyridine rings is 1. The second kappa shape index (κ2) is 5.47. The molecule has 3 rings (SSSR count). The highest BCUT2D eigenvalue weighted by molar-refractivity contribution is 5.43. The van der Waals surface area contributed by atoms with Gasteiger partial charge in [-0.3, -0.25) is 4.90 Å². The van der Waals surface area contributed by atoms with E-state index in [2.05, 4.69) is 28.9 Å². The van der Waals surface area contributed by atoms with Crippen LogP contribution in [0.1, 0.15) is 31.0 Å². The molecule has 0 bridgehead atoms. The van der Waals surface area contributed by atoms with Crippen molar-refractivity contribution in [2.24, 2.45) is 5.73 Å². The summed E-state index contributed by atoms with van der Waals surface area (Å²) >= 11 is 0. The summed E-state index contributed by atoms with van der Waals surface area (Å²) in [5.41, 5.74) is 8.17. The second-order valence-electron chi connectivity index (χ2n) is 5.66. The van der Waals surface area contributed by atoms with Gasteiger partial charge in [0.05, 0.1) is 0 Å². The molecule has 2 aliphatic heterocycles. The summed E-state index contributed by atoms with van der Waals surface area (Å²) in [5.74, 6) is 1.13. The SMILES string of the molecule is CCc1cc(CN)cc(N2CCN3CCCC3C2)n1. The second-order valence-corrected chi connectivity index (χ2v) is 5.66. The molecule has 1 atom stereocenters. The first-order valence-electron chi connectivity index (χ1n) is 7.49. The summed E-state index contributed by atoms with van der Waals surface area (Å²) in [7, 11) is 0. The molecule has 2 aliphatic rings. The quantitative estimate of drug-likeness (QED) is 0.892. The molecule has 3 heterocycles. The van der Waals surface area contributed by atoms with Gasteiger partial charge in [0, 0.05) is 37.9 Å². The number of aryl methyl sites for hydroxylation is 1. The first-order chi connectivity index (χ1) is 9.30. The third-order valence-corrected chi connectivity index (χ3v) is 4.43. The van der Waals surface area contributed by atoms with E-state index in [1.54, 1.807) is 0 Å². The lowest BCUT2D eigenvalue weighted by Gasteiger charge is -2.38. The van der Waals surface area contributed by atoms with Crippen LogP contribution in [0.2, 0.25) is 0 Å². The fourth-order valence-corrected chi connectivity index (χ4v) is 3.29. The van der Waals surface area contributed by atoms with Crippen molar-refractivity contribution in [1.82, 2.24) is 9.88 Å². The lowest BCUT2D eigenvalue weighted by molar-refractivity contribution is 0.230. The van der Waals surface area contributed by atoms with Gasteiger partial charge in [-0.05, 0) is 43.5 Å². The monoisotopic (exact) mass is 260 g/mol. The third kappa shape index (κ3) is 2.60. The van der Waals surface area contributed by atoms with E-state index in [1.165, 1.54) is 31.5 Å².